The zero-order valence-electron chi connectivity index (χ0n) is 13.3. The van der Waals surface area contributed by atoms with Gasteiger partial charge in [0.1, 0.15) is 12.1 Å². The van der Waals surface area contributed by atoms with E-state index in [1.54, 1.807) is 18.4 Å². The maximum atomic E-state index is 13.0. The molecule has 3 aromatic rings. The Morgan fingerprint density at radius 1 is 1.21 bits per heavy atom. The summed E-state index contributed by atoms with van der Waals surface area (Å²) in [7, 11) is 0. The van der Waals surface area contributed by atoms with Gasteiger partial charge in [-0.1, -0.05) is 0 Å². The molecule has 6 heteroatoms. The van der Waals surface area contributed by atoms with Gasteiger partial charge in [0.2, 0.25) is 5.89 Å². The Morgan fingerprint density at radius 3 is 2.71 bits per heavy atom. The lowest BCUT2D eigenvalue weighted by molar-refractivity contribution is 0.202. The smallest absolute Gasteiger partial charge is 0.226 e. The Bertz CT molecular complexity index is 774. The van der Waals surface area contributed by atoms with Crippen molar-refractivity contribution in [1.29, 1.82) is 0 Å². The third-order valence-electron chi connectivity index (χ3n) is 4.61. The summed E-state index contributed by atoms with van der Waals surface area (Å²) in [6.45, 7) is 2.85. The van der Waals surface area contributed by atoms with Gasteiger partial charge in [0.15, 0.2) is 0 Å². The molecule has 0 bridgehead atoms. The van der Waals surface area contributed by atoms with Crippen molar-refractivity contribution >= 4 is 0 Å². The number of oxazole rings is 1. The molecule has 0 aliphatic carbocycles. The van der Waals surface area contributed by atoms with Gasteiger partial charge in [-0.05, 0) is 61.7 Å². The summed E-state index contributed by atoms with van der Waals surface area (Å²) in [5, 5.41) is 6.93. The molecule has 1 aromatic carbocycles. The molecular weight excluding hydrogens is 307 g/mol. The van der Waals surface area contributed by atoms with Crippen LogP contribution in [0.4, 0.5) is 4.39 Å². The number of piperidine rings is 1. The molecule has 24 heavy (non-hydrogen) atoms. The van der Waals surface area contributed by atoms with Crippen LogP contribution in [-0.4, -0.2) is 33.2 Å². The van der Waals surface area contributed by atoms with Crippen LogP contribution in [0.15, 0.2) is 47.3 Å². The van der Waals surface area contributed by atoms with E-state index in [0.717, 1.165) is 43.7 Å². The normalized spacial score (nSPS) is 16.5. The first kappa shape index (κ1) is 15.1. The van der Waals surface area contributed by atoms with Gasteiger partial charge >= 0.3 is 0 Å². The molecule has 1 saturated heterocycles. The van der Waals surface area contributed by atoms with Crippen molar-refractivity contribution < 1.29 is 8.81 Å². The van der Waals surface area contributed by atoms with Gasteiger partial charge in [-0.15, -0.1) is 0 Å². The van der Waals surface area contributed by atoms with E-state index in [1.165, 1.54) is 17.7 Å². The average molecular weight is 326 g/mol. The minimum atomic E-state index is -0.258. The third kappa shape index (κ3) is 3.23. The summed E-state index contributed by atoms with van der Waals surface area (Å²) in [6.07, 6.45) is 7.87. The van der Waals surface area contributed by atoms with Crippen LogP contribution in [0.1, 0.15) is 30.0 Å². The molecule has 1 fully saturated rings. The van der Waals surface area contributed by atoms with E-state index >= 15 is 0 Å². The maximum absolute atomic E-state index is 13.0. The van der Waals surface area contributed by atoms with Gasteiger partial charge < -0.3 is 4.42 Å². The minimum Gasteiger partial charge on any atom is -0.444 e. The topological polar surface area (TPSA) is 58.0 Å². The lowest BCUT2D eigenvalue weighted by atomic mass is 9.91. The number of nitrogens with one attached hydrogen (secondary N) is 1. The van der Waals surface area contributed by atoms with Gasteiger partial charge in [-0.3, -0.25) is 10.00 Å². The molecule has 0 radical (unpaired) electrons. The number of likely N-dealkylation sites (tertiary alicyclic amines) is 1. The average Bonchev–Trinajstić information content (AvgIpc) is 3.28. The standard InChI is InChI=1S/C18H19FN4O/c19-16-3-1-14(2-4-16)18-22-17(12-24-18)11-23-7-5-13(6-8-23)15-9-20-21-10-15/h1-4,9-10,12-13H,5-8,11H2,(H,20,21). The van der Waals surface area contributed by atoms with Crippen LogP contribution in [0.3, 0.4) is 0 Å². The highest BCUT2D eigenvalue weighted by molar-refractivity contribution is 5.52. The van der Waals surface area contributed by atoms with E-state index in [4.69, 9.17) is 4.42 Å². The molecule has 0 atom stereocenters. The Labute approximate surface area is 139 Å². The molecule has 4 rings (SSSR count). The van der Waals surface area contributed by atoms with Gasteiger partial charge in [0, 0.05) is 18.3 Å². The first-order chi connectivity index (χ1) is 11.8. The fourth-order valence-corrected chi connectivity index (χ4v) is 3.24. The first-order valence-corrected chi connectivity index (χ1v) is 8.19. The molecule has 0 spiro atoms. The Morgan fingerprint density at radius 2 is 2.00 bits per heavy atom. The van der Waals surface area contributed by atoms with E-state index in [-0.39, 0.29) is 5.82 Å². The second kappa shape index (κ2) is 6.57. The molecule has 0 unspecified atom stereocenters. The van der Waals surface area contributed by atoms with Gasteiger partial charge in [0.25, 0.3) is 0 Å². The van der Waals surface area contributed by atoms with Crippen molar-refractivity contribution in [1.82, 2.24) is 20.1 Å². The van der Waals surface area contributed by atoms with Crippen LogP contribution in [0.5, 0.6) is 0 Å². The molecular formula is C18H19FN4O. The molecule has 0 saturated carbocycles. The fraction of sp³-hybridized carbons (Fsp3) is 0.333. The quantitative estimate of drug-likeness (QED) is 0.796. The molecule has 5 nitrogen and oxygen atoms in total. The number of hydrogen-bond donors (Lipinski definition) is 1. The van der Waals surface area contributed by atoms with Gasteiger partial charge in [-0.25, -0.2) is 9.37 Å². The van der Waals surface area contributed by atoms with E-state index < -0.39 is 0 Å². The predicted octanol–water partition coefficient (Wildman–Crippen LogP) is 3.58. The van der Waals surface area contributed by atoms with Crippen molar-refractivity contribution in [2.24, 2.45) is 0 Å². The summed E-state index contributed by atoms with van der Waals surface area (Å²) >= 11 is 0. The van der Waals surface area contributed by atoms with E-state index in [9.17, 15) is 4.39 Å². The van der Waals surface area contributed by atoms with Gasteiger partial charge in [0.05, 0.1) is 11.9 Å². The van der Waals surface area contributed by atoms with Crippen molar-refractivity contribution in [2.75, 3.05) is 13.1 Å². The second-order valence-electron chi connectivity index (χ2n) is 6.23. The molecule has 3 heterocycles. The van der Waals surface area contributed by atoms with Crippen LogP contribution >= 0.6 is 0 Å². The lowest BCUT2D eigenvalue weighted by Crippen LogP contribution is -2.32. The van der Waals surface area contributed by atoms with E-state index in [0.29, 0.717) is 11.8 Å². The molecule has 1 aliphatic heterocycles. The summed E-state index contributed by atoms with van der Waals surface area (Å²) < 4.78 is 18.5. The SMILES string of the molecule is Fc1ccc(-c2nc(CN3CCC(c4cn[nH]c4)CC3)co2)cc1. The maximum Gasteiger partial charge on any atom is 0.226 e. The van der Waals surface area contributed by atoms with Crippen LogP contribution in [0.25, 0.3) is 11.5 Å². The zero-order chi connectivity index (χ0) is 16.4. The van der Waals surface area contributed by atoms with Crippen molar-refractivity contribution in [3.05, 3.63) is 60.0 Å². The number of nitrogens with zero attached hydrogens (tertiary/aromatic N) is 3. The highest BCUT2D eigenvalue weighted by Gasteiger charge is 2.22. The van der Waals surface area contributed by atoms with Crippen molar-refractivity contribution in [3.63, 3.8) is 0 Å². The summed E-state index contributed by atoms with van der Waals surface area (Å²) in [4.78, 5) is 6.92. The predicted molar refractivity (Wildman–Crippen MR) is 87.7 cm³/mol. The number of aromatic amines is 1. The molecule has 124 valence electrons. The summed E-state index contributed by atoms with van der Waals surface area (Å²) in [6, 6.07) is 6.20. The lowest BCUT2D eigenvalue weighted by Gasteiger charge is -2.30. The highest BCUT2D eigenvalue weighted by Crippen LogP contribution is 2.28. The zero-order valence-corrected chi connectivity index (χ0v) is 13.3. The number of aromatic nitrogens is 3. The fourth-order valence-electron chi connectivity index (χ4n) is 3.24. The highest BCUT2D eigenvalue weighted by atomic mass is 19.1. The number of rotatable bonds is 4. The van der Waals surface area contributed by atoms with Crippen molar-refractivity contribution in [2.45, 2.75) is 25.3 Å². The van der Waals surface area contributed by atoms with Crippen LogP contribution in [0.2, 0.25) is 0 Å². The number of H-pyrrole nitrogens is 1. The molecule has 2 aromatic heterocycles. The number of halogens is 1. The second-order valence-corrected chi connectivity index (χ2v) is 6.23. The van der Waals surface area contributed by atoms with Gasteiger partial charge in [-0.2, -0.15) is 5.10 Å². The minimum absolute atomic E-state index is 0.258. The summed E-state index contributed by atoms with van der Waals surface area (Å²) in [5.41, 5.74) is 3.01. The van der Waals surface area contributed by atoms with Crippen LogP contribution in [0, 0.1) is 5.82 Å². The number of hydrogen-bond acceptors (Lipinski definition) is 4. The molecule has 0 amide bonds. The van der Waals surface area contributed by atoms with Crippen LogP contribution < -0.4 is 0 Å². The number of benzene rings is 1. The van der Waals surface area contributed by atoms with Crippen LogP contribution in [-0.2, 0) is 6.54 Å². The first-order valence-electron chi connectivity index (χ1n) is 8.19. The van der Waals surface area contributed by atoms with Crippen molar-refractivity contribution in [3.8, 4) is 11.5 Å². The molecule has 1 N–H and O–H groups in total. The molecule has 1 aliphatic rings. The monoisotopic (exact) mass is 326 g/mol. The largest absolute Gasteiger partial charge is 0.444 e. The van der Waals surface area contributed by atoms with E-state index in [1.807, 2.05) is 12.4 Å². The Hall–Kier alpha value is -2.47. The third-order valence-corrected chi connectivity index (χ3v) is 4.61. The Balaban J connectivity index is 1.36. The Kier molecular flexibility index (Phi) is 4.13. The summed E-state index contributed by atoms with van der Waals surface area (Å²) in [5.74, 6) is 0.872. The van der Waals surface area contributed by atoms with E-state index in [2.05, 4.69) is 20.1 Å².